The Balaban J connectivity index is 2.63. The summed E-state index contributed by atoms with van der Waals surface area (Å²) in [6.45, 7) is 7.89. The highest BCUT2D eigenvalue weighted by molar-refractivity contribution is 5.55. The molecule has 0 saturated heterocycles. The van der Waals surface area contributed by atoms with Crippen molar-refractivity contribution in [3.8, 4) is 0 Å². The predicted octanol–water partition coefficient (Wildman–Crippen LogP) is 1.55. The van der Waals surface area contributed by atoms with E-state index in [2.05, 4.69) is 34.6 Å². The highest BCUT2D eigenvalue weighted by Crippen LogP contribution is 2.23. The second kappa shape index (κ2) is 6.51. The molecule has 1 heterocycles. The van der Waals surface area contributed by atoms with Gasteiger partial charge in [0.05, 0.1) is 0 Å². The van der Waals surface area contributed by atoms with E-state index in [4.69, 9.17) is 10.6 Å². The van der Waals surface area contributed by atoms with Crippen molar-refractivity contribution in [3.63, 3.8) is 0 Å². The Morgan fingerprint density at radius 1 is 1.33 bits per heavy atom. The average molecular weight is 253 g/mol. The van der Waals surface area contributed by atoms with Gasteiger partial charge in [-0.1, -0.05) is 13.8 Å². The first-order valence-corrected chi connectivity index (χ1v) is 6.01. The van der Waals surface area contributed by atoms with Crippen LogP contribution in [0.1, 0.15) is 25.8 Å². The van der Waals surface area contributed by atoms with Crippen LogP contribution in [0.15, 0.2) is 6.33 Å². The first kappa shape index (κ1) is 14.7. The number of hydrogen-bond donors (Lipinski definition) is 3. The van der Waals surface area contributed by atoms with Crippen LogP contribution in [0.3, 0.4) is 0 Å². The summed E-state index contributed by atoms with van der Waals surface area (Å²) in [5.41, 5.74) is 3.62. The molecule has 0 saturated carbocycles. The third-order valence-electron chi connectivity index (χ3n) is 2.94. The second-order valence-electron chi connectivity index (χ2n) is 5.10. The van der Waals surface area contributed by atoms with Gasteiger partial charge in [-0.15, -0.1) is 0 Å². The van der Waals surface area contributed by atoms with Crippen LogP contribution in [0.5, 0.6) is 0 Å². The lowest BCUT2D eigenvalue weighted by molar-refractivity contribution is 0.157. The number of methoxy groups -OCH3 is 1. The predicted molar refractivity (Wildman–Crippen MR) is 73.3 cm³/mol. The summed E-state index contributed by atoms with van der Waals surface area (Å²) >= 11 is 0. The number of ether oxygens (including phenoxy) is 1. The van der Waals surface area contributed by atoms with Crippen LogP contribution < -0.4 is 16.6 Å². The van der Waals surface area contributed by atoms with Crippen molar-refractivity contribution < 1.29 is 4.74 Å². The fraction of sp³-hybridized carbons (Fsp3) is 0.667. The lowest BCUT2D eigenvalue weighted by Crippen LogP contribution is -2.25. The molecule has 0 aliphatic carbocycles. The van der Waals surface area contributed by atoms with E-state index in [-0.39, 0.29) is 5.41 Å². The Hall–Kier alpha value is -1.40. The minimum absolute atomic E-state index is 0.143. The summed E-state index contributed by atoms with van der Waals surface area (Å²) in [6.07, 6.45) is 2.48. The van der Waals surface area contributed by atoms with Gasteiger partial charge in [0.2, 0.25) is 0 Å². The van der Waals surface area contributed by atoms with Crippen molar-refractivity contribution in [1.29, 1.82) is 0 Å². The third kappa shape index (κ3) is 4.12. The molecule has 1 aromatic heterocycles. The van der Waals surface area contributed by atoms with E-state index in [1.807, 2.05) is 6.92 Å². The number of aromatic nitrogens is 2. The van der Waals surface area contributed by atoms with Gasteiger partial charge in [0.15, 0.2) is 0 Å². The van der Waals surface area contributed by atoms with Crippen molar-refractivity contribution in [2.75, 3.05) is 31.0 Å². The van der Waals surface area contributed by atoms with Gasteiger partial charge >= 0.3 is 0 Å². The maximum absolute atomic E-state index is 5.38. The van der Waals surface area contributed by atoms with Gasteiger partial charge < -0.3 is 15.5 Å². The molecule has 0 radical (unpaired) electrons. The number of hydrazine groups is 1. The Morgan fingerprint density at radius 2 is 2.00 bits per heavy atom. The van der Waals surface area contributed by atoms with Gasteiger partial charge in [0, 0.05) is 25.8 Å². The molecule has 6 heteroatoms. The Kier molecular flexibility index (Phi) is 5.30. The molecule has 0 aliphatic heterocycles. The highest BCUT2D eigenvalue weighted by atomic mass is 16.5. The van der Waals surface area contributed by atoms with Crippen LogP contribution in [0.4, 0.5) is 11.6 Å². The van der Waals surface area contributed by atoms with Gasteiger partial charge in [0.1, 0.15) is 18.0 Å². The van der Waals surface area contributed by atoms with Gasteiger partial charge in [-0.05, 0) is 18.8 Å². The van der Waals surface area contributed by atoms with E-state index in [0.29, 0.717) is 5.82 Å². The van der Waals surface area contributed by atoms with Gasteiger partial charge in [0.25, 0.3) is 0 Å². The fourth-order valence-electron chi connectivity index (χ4n) is 1.56. The minimum Gasteiger partial charge on any atom is -0.385 e. The van der Waals surface area contributed by atoms with Gasteiger partial charge in [-0.25, -0.2) is 15.8 Å². The van der Waals surface area contributed by atoms with E-state index in [1.165, 1.54) is 6.33 Å². The molecule has 0 unspecified atom stereocenters. The second-order valence-corrected chi connectivity index (χ2v) is 5.10. The summed E-state index contributed by atoms with van der Waals surface area (Å²) < 4.78 is 5.11. The molecule has 102 valence electrons. The first-order valence-electron chi connectivity index (χ1n) is 6.01. The lowest BCUT2D eigenvalue weighted by Gasteiger charge is -2.25. The zero-order valence-corrected chi connectivity index (χ0v) is 11.6. The highest BCUT2D eigenvalue weighted by Gasteiger charge is 2.18. The normalized spacial score (nSPS) is 11.4. The van der Waals surface area contributed by atoms with Crippen LogP contribution in [0, 0.1) is 12.3 Å². The van der Waals surface area contributed by atoms with Crippen LogP contribution in [0.2, 0.25) is 0 Å². The molecule has 0 bridgehead atoms. The topological polar surface area (TPSA) is 85.1 Å². The molecular weight excluding hydrogens is 230 g/mol. The molecule has 0 aliphatic rings. The van der Waals surface area contributed by atoms with Gasteiger partial charge in [-0.2, -0.15) is 0 Å². The SMILES string of the molecule is COCCC(C)(C)CNc1ncnc(NN)c1C. The van der Waals surface area contributed by atoms with Crippen LogP contribution >= 0.6 is 0 Å². The monoisotopic (exact) mass is 253 g/mol. The number of nitrogens with one attached hydrogen (secondary N) is 2. The summed E-state index contributed by atoms with van der Waals surface area (Å²) in [5.74, 6) is 6.83. The fourth-order valence-corrected chi connectivity index (χ4v) is 1.56. The number of nitrogen functional groups attached to an aromatic ring is 1. The van der Waals surface area contributed by atoms with Crippen molar-refractivity contribution in [3.05, 3.63) is 11.9 Å². The number of rotatable bonds is 7. The van der Waals surface area contributed by atoms with E-state index >= 15 is 0 Å². The Labute approximate surface area is 108 Å². The quantitative estimate of drug-likeness (QED) is 0.505. The van der Waals surface area contributed by atoms with E-state index in [0.717, 1.165) is 31.0 Å². The maximum Gasteiger partial charge on any atom is 0.148 e. The van der Waals surface area contributed by atoms with E-state index < -0.39 is 0 Å². The molecule has 18 heavy (non-hydrogen) atoms. The number of hydrogen-bond acceptors (Lipinski definition) is 6. The standard InChI is InChI=1S/C12H23N5O/c1-9-10(15-8-16-11(9)17-13)14-7-12(2,3)5-6-18-4/h8H,5-7,13H2,1-4H3,(H2,14,15,16,17). The minimum atomic E-state index is 0.143. The molecule has 0 amide bonds. The molecule has 1 aromatic rings. The zero-order chi connectivity index (χ0) is 13.6. The lowest BCUT2D eigenvalue weighted by atomic mass is 9.90. The molecule has 1 rings (SSSR count). The summed E-state index contributed by atoms with van der Waals surface area (Å²) in [4.78, 5) is 8.27. The Morgan fingerprint density at radius 3 is 2.61 bits per heavy atom. The van der Waals surface area contributed by atoms with E-state index in [1.54, 1.807) is 7.11 Å². The molecule has 0 aromatic carbocycles. The summed E-state index contributed by atoms with van der Waals surface area (Å²) in [6, 6.07) is 0. The zero-order valence-electron chi connectivity index (χ0n) is 11.6. The van der Waals surface area contributed by atoms with Gasteiger partial charge in [-0.3, -0.25) is 0 Å². The van der Waals surface area contributed by atoms with E-state index in [9.17, 15) is 0 Å². The van der Waals surface area contributed by atoms with Crippen LogP contribution in [-0.4, -0.2) is 30.2 Å². The smallest absolute Gasteiger partial charge is 0.148 e. The largest absolute Gasteiger partial charge is 0.385 e. The van der Waals surface area contributed by atoms with Crippen LogP contribution in [0.25, 0.3) is 0 Å². The van der Waals surface area contributed by atoms with Crippen molar-refractivity contribution >= 4 is 11.6 Å². The number of anilines is 2. The summed E-state index contributed by atoms with van der Waals surface area (Å²) in [5, 5.41) is 3.33. The average Bonchev–Trinajstić information content (AvgIpc) is 2.35. The van der Waals surface area contributed by atoms with Crippen molar-refractivity contribution in [1.82, 2.24) is 9.97 Å². The number of nitrogens with two attached hydrogens (primary N) is 1. The first-order chi connectivity index (χ1) is 8.50. The molecule has 0 atom stereocenters. The third-order valence-corrected chi connectivity index (χ3v) is 2.94. The molecule has 0 fully saturated rings. The van der Waals surface area contributed by atoms with Crippen LogP contribution in [-0.2, 0) is 4.74 Å². The number of nitrogens with zero attached hydrogens (tertiary/aromatic N) is 2. The molecular formula is C12H23N5O. The maximum atomic E-state index is 5.38. The molecule has 6 nitrogen and oxygen atoms in total. The molecule has 0 spiro atoms. The summed E-state index contributed by atoms with van der Waals surface area (Å²) in [7, 11) is 1.72. The van der Waals surface area contributed by atoms with Crippen molar-refractivity contribution in [2.24, 2.45) is 11.3 Å². The van der Waals surface area contributed by atoms with Crippen molar-refractivity contribution in [2.45, 2.75) is 27.2 Å². The Bertz CT molecular complexity index is 381. The molecule has 4 N–H and O–H groups in total.